The molecule has 0 fully saturated rings. The maximum Gasteiger partial charge on any atom is 0.263 e. The molecule has 7 nitrogen and oxygen atoms in total. The number of carbonyl (C=O) groups excluding carboxylic acids is 1. The Labute approximate surface area is 167 Å². The van der Waals surface area contributed by atoms with Crippen molar-refractivity contribution in [1.29, 1.82) is 0 Å². The Balaban J connectivity index is 1.54. The van der Waals surface area contributed by atoms with Crippen molar-refractivity contribution in [3.05, 3.63) is 71.2 Å². The summed E-state index contributed by atoms with van der Waals surface area (Å²) in [7, 11) is -2.10. The number of aromatic nitrogens is 1. The Morgan fingerprint density at radius 1 is 1.11 bits per heavy atom. The molecule has 1 amide bonds. The maximum absolute atomic E-state index is 12.3. The first-order chi connectivity index (χ1) is 13.5. The zero-order chi connectivity index (χ0) is 20.0. The van der Waals surface area contributed by atoms with Crippen LogP contribution >= 0.6 is 11.3 Å². The second kappa shape index (κ2) is 8.85. The monoisotopic (exact) mass is 417 g/mol. The fourth-order valence-corrected chi connectivity index (χ4v) is 4.36. The Kier molecular flexibility index (Phi) is 6.27. The number of anilines is 1. The summed E-state index contributed by atoms with van der Waals surface area (Å²) < 4.78 is 32.1. The van der Waals surface area contributed by atoms with Gasteiger partial charge in [-0.3, -0.25) is 9.52 Å². The van der Waals surface area contributed by atoms with Crippen molar-refractivity contribution in [1.82, 2.24) is 10.3 Å². The van der Waals surface area contributed by atoms with Crippen molar-refractivity contribution in [2.75, 3.05) is 11.8 Å². The van der Waals surface area contributed by atoms with E-state index in [1.54, 1.807) is 30.7 Å². The van der Waals surface area contributed by atoms with Crippen molar-refractivity contribution < 1.29 is 17.9 Å². The summed E-state index contributed by atoms with van der Waals surface area (Å²) in [5, 5.41) is 4.70. The van der Waals surface area contributed by atoms with Crippen LogP contribution < -0.4 is 14.8 Å². The third-order valence-electron chi connectivity index (χ3n) is 3.82. The minimum Gasteiger partial charge on any atom is -0.497 e. The predicted octanol–water partition coefficient (Wildman–Crippen LogP) is 2.81. The number of carbonyl (C=O) groups is 1. The van der Waals surface area contributed by atoms with Crippen LogP contribution in [0.25, 0.3) is 0 Å². The van der Waals surface area contributed by atoms with Gasteiger partial charge >= 0.3 is 0 Å². The number of benzene rings is 2. The number of ether oxygens (including phenoxy) is 1. The predicted molar refractivity (Wildman–Crippen MR) is 108 cm³/mol. The Hall–Kier alpha value is -2.91. The van der Waals surface area contributed by atoms with Gasteiger partial charge in [-0.15, -0.1) is 11.3 Å². The molecular formula is C19H19N3O4S2. The summed E-state index contributed by atoms with van der Waals surface area (Å²) in [5.41, 5.74) is 1.45. The molecule has 0 aliphatic carbocycles. The van der Waals surface area contributed by atoms with Crippen LogP contribution in [0.15, 0.2) is 64.9 Å². The van der Waals surface area contributed by atoms with Gasteiger partial charge in [-0.2, -0.15) is 0 Å². The van der Waals surface area contributed by atoms with E-state index < -0.39 is 10.0 Å². The van der Waals surface area contributed by atoms with Gasteiger partial charge in [0.2, 0.25) is 5.91 Å². The molecule has 146 valence electrons. The van der Waals surface area contributed by atoms with E-state index >= 15 is 0 Å². The Morgan fingerprint density at radius 2 is 1.82 bits per heavy atom. The molecule has 0 bridgehead atoms. The molecule has 0 unspecified atom stereocenters. The number of sulfonamides is 1. The minimum absolute atomic E-state index is 0.0692. The van der Waals surface area contributed by atoms with Gasteiger partial charge in [0, 0.05) is 11.9 Å². The van der Waals surface area contributed by atoms with E-state index in [9.17, 15) is 13.2 Å². The summed E-state index contributed by atoms with van der Waals surface area (Å²) in [6, 6.07) is 15.4. The fraction of sp³-hybridized carbons (Fsp3) is 0.158. The first-order valence-electron chi connectivity index (χ1n) is 8.38. The lowest BCUT2D eigenvalue weighted by Gasteiger charge is -2.06. The van der Waals surface area contributed by atoms with Gasteiger partial charge in [-0.25, -0.2) is 13.4 Å². The summed E-state index contributed by atoms with van der Waals surface area (Å²) in [5.74, 6) is 0.557. The molecule has 0 atom stereocenters. The van der Waals surface area contributed by atoms with Crippen LogP contribution in [-0.4, -0.2) is 26.4 Å². The van der Waals surface area contributed by atoms with Gasteiger partial charge in [0.15, 0.2) is 5.13 Å². The lowest BCUT2D eigenvalue weighted by molar-refractivity contribution is -0.120. The first kappa shape index (κ1) is 19.8. The molecule has 2 N–H and O–H groups in total. The van der Waals surface area contributed by atoms with E-state index in [-0.39, 0.29) is 22.4 Å². The SMILES string of the molecule is COc1ccc(CNC(=O)Cc2csc(NS(=O)(=O)c3ccccc3)n2)cc1. The molecule has 3 rings (SSSR count). The molecular weight excluding hydrogens is 398 g/mol. The highest BCUT2D eigenvalue weighted by Crippen LogP contribution is 2.20. The molecule has 0 spiro atoms. The van der Waals surface area contributed by atoms with Crippen LogP contribution in [0.4, 0.5) is 5.13 Å². The van der Waals surface area contributed by atoms with Crippen LogP contribution in [0.1, 0.15) is 11.3 Å². The lowest BCUT2D eigenvalue weighted by Crippen LogP contribution is -2.24. The van der Waals surface area contributed by atoms with Crippen molar-refractivity contribution in [3.8, 4) is 5.75 Å². The highest BCUT2D eigenvalue weighted by atomic mass is 32.2. The highest BCUT2D eigenvalue weighted by molar-refractivity contribution is 7.93. The van der Waals surface area contributed by atoms with E-state index in [4.69, 9.17) is 4.74 Å². The number of amides is 1. The topological polar surface area (TPSA) is 97.4 Å². The third-order valence-corrected chi connectivity index (χ3v) is 6.11. The average molecular weight is 418 g/mol. The lowest BCUT2D eigenvalue weighted by atomic mass is 10.2. The second-order valence-electron chi connectivity index (χ2n) is 5.86. The summed E-state index contributed by atoms with van der Waals surface area (Å²) in [6.45, 7) is 0.389. The smallest absolute Gasteiger partial charge is 0.263 e. The van der Waals surface area contributed by atoms with E-state index in [1.807, 2.05) is 24.3 Å². The van der Waals surface area contributed by atoms with Crippen molar-refractivity contribution in [3.63, 3.8) is 0 Å². The quantitative estimate of drug-likeness (QED) is 0.587. The highest BCUT2D eigenvalue weighted by Gasteiger charge is 2.16. The molecule has 0 radical (unpaired) electrons. The number of nitrogens with zero attached hydrogens (tertiary/aromatic N) is 1. The van der Waals surface area contributed by atoms with Gasteiger partial charge in [-0.1, -0.05) is 30.3 Å². The largest absolute Gasteiger partial charge is 0.497 e. The van der Waals surface area contributed by atoms with Gasteiger partial charge in [0.1, 0.15) is 5.75 Å². The summed E-state index contributed by atoms with van der Waals surface area (Å²) >= 11 is 1.14. The van der Waals surface area contributed by atoms with Crippen molar-refractivity contribution >= 4 is 32.4 Å². The number of rotatable bonds is 8. The summed E-state index contributed by atoms with van der Waals surface area (Å²) in [6.07, 6.45) is 0.0692. The molecule has 3 aromatic rings. The molecule has 0 aliphatic rings. The maximum atomic E-state index is 12.3. The van der Waals surface area contributed by atoms with E-state index in [0.29, 0.717) is 12.2 Å². The third kappa shape index (κ3) is 5.30. The van der Waals surface area contributed by atoms with Crippen LogP contribution in [0.5, 0.6) is 5.75 Å². The Morgan fingerprint density at radius 3 is 2.50 bits per heavy atom. The van der Waals surface area contributed by atoms with Gasteiger partial charge in [0.25, 0.3) is 10.0 Å². The van der Waals surface area contributed by atoms with Crippen molar-refractivity contribution in [2.24, 2.45) is 0 Å². The summed E-state index contributed by atoms with van der Waals surface area (Å²) in [4.78, 5) is 16.5. The van der Waals surface area contributed by atoms with E-state index in [2.05, 4.69) is 15.0 Å². The molecule has 2 aromatic carbocycles. The molecule has 0 saturated carbocycles. The van der Waals surface area contributed by atoms with Gasteiger partial charge < -0.3 is 10.1 Å². The van der Waals surface area contributed by atoms with Crippen LogP contribution in [0.2, 0.25) is 0 Å². The van der Waals surface area contributed by atoms with Crippen molar-refractivity contribution in [2.45, 2.75) is 17.9 Å². The number of hydrogen-bond donors (Lipinski definition) is 2. The standard InChI is InChI=1S/C19H19N3O4S2/c1-26-16-9-7-14(8-10-16)12-20-18(23)11-15-13-27-19(21-15)22-28(24,25)17-5-3-2-4-6-17/h2-10,13H,11-12H2,1H3,(H,20,23)(H,21,22). The normalized spacial score (nSPS) is 11.0. The van der Waals surface area contributed by atoms with Crippen LogP contribution in [-0.2, 0) is 27.8 Å². The minimum atomic E-state index is -3.69. The molecule has 28 heavy (non-hydrogen) atoms. The van der Waals surface area contributed by atoms with E-state index in [1.165, 1.54) is 12.1 Å². The first-order valence-corrected chi connectivity index (χ1v) is 10.7. The number of hydrogen-bond acceptors (Lipinski definition) is 6. The van der Waals surface area contributed by atoms with Crippen LogP contribution in [0.3, 0.4) is 0 Å². The number of nitrogens with one attached hydrogen (secondary N) is 2. The average Bonchev–Trinajstić information content (AvgIpc) is 3.13. The zero-order valence-corrected chi connectivity index (χ0v) is 16.7. The Bertz CT molecular complexity index is 1030. The molecule has 1 aromatic heterocycles. The molecule has 0 saturated heterocycles. The number of thiazole rings is 1. The molecule has 0 aliphatic heterocycles. The fourth-order valence-electron chi connectivity index (χ4n) is 2.38. The van der Waals surface area contributed by atoms with Gasteiger partial charge in [-0.05, 0) is 29.8 Å². The second-order valence-corrected chi connectivity index (χ2v) is 8.40. The van der Waals surface area contributed by atoms with Crippen LogP contribution in [0, 0.1) is 0 Å². The molecule has 1 heterocycles. The zero-order valence-electron chi connectivity index (χ0n) is 15.1. The van der Waals surface area contributed by atoms with E-state index in [0.717, 1.165) is 22.6 Å². The number of methoxy groups -OCH3 is 1. The van der Waals surface area contributed by atoms with Gasteiger partial charge in [0.05, 0.1) is 24.1 Å². The molecule has 9 heteroatoms.